The van der Waals surface area contributed by atoms with Gasteiger partial charge in [-0.25, -0.2) is 0 Å². The first kappa shape index (κ1) is 7.25. The summed E-state index contributed by atoms with van der Waals surface area (Å²) in [6.45, 7) is 1.84. The Balaban J connectivity index is 3.03. The first-order valence-electron chi connectivity index (χ1n) is 3.13. The van der Waals surface area contributed by atoms with E-state index >= 15 is 0 Å². The Morgan fingerprint density at radius 3 is 2.20 bits per heavy atom. The summed E-state index contributed by atoms with van der Waals surface area (Å²) >= 11 is 0. The number of aliphatic hydroxyl groups excluding tert-OH is 1. The Kier molecular flexibility index (Phi) is 2.04. The molecule has 1 aromatic carbocycles. The monoisotopic (exact) mass is 138 g/mol. The minimum Gasteiger partial charge on any atom is -0.364 e. The van der Waals surface area contributed by atoms with E-state index < -0.39 is 6.29 Å². The van der Waals surface area contributed by atoms with E-state index in [1.807, 2.05) is 19.1 Å². The van der Waals surface area contributed by atoms with E-state index in [4.69, 9.17) is 10.2 Å². The summed E-state index contributed by atoms with van der Waals surface area (Å²) in [5.41, 5.74) is 1.47. The maximum Gasteiger partial charge on any atom is 0.178 e. The van der Waals surface area contributed by atoms with Gasteiger partial charge >= 0.3 is 0 Å². The maximum atomic E-state index is 8.76. The molecular formula is C8H10O2. The molecule has 1 aromatic rings. The highest BCUT2D eigenvalue weighted by molar-refractivity contribution is 5.25. The molecule has 0 amide bonds. The Hall–Kier alpha value is -0.860. The van der Waals surface area contributed by atoms with E-state index in [-0.39, 0.29) is 0 Å². The summed E-state index contributed by atoms with van der Waals surface area (Å²) in [6.07, 6.45) is -1.35. The molecule has 2 nitrogen and oxygen atoms in total. The van der Waals surface area contributed by atoms with Crippen molar-refractivity contribution in [3.05, 3.63) is 35.4 Å². The zero-order valence-corrected chi connectivity index (χ0v) is 5.78. The van der Waals surface area contributed by atoms with Gasteiger partial charge in [0.1, 0.15) is 0 Å². The second-order valence-corrected chi connectivity index (χ2v) is 2.23. The highest BCUT2D eigenvalue weighted by Gasteiger charge is 2.02. The first-order chi connectivity index (χ1) is 4.72. The highest BCUT2D eigenvalue weighted by atomic mass is 16.5. The number of hydrogen-bond donors (Lipinski definition) is 2. The standard InChI is InChI=1S/C8H10O2/c1-6-4-2-3-5-7(6)8(9)10/h2-5,8-10H,1H3. The largest absolute Gasteiger partial charge is 0.364 e. The molecule has 0 aliphatic heterocycles. The molecule has 0 saturated carbocycles. The summed E-state index contributed by atoms with van der Waals surface area (Å²) in [4.78, 5) is 0. The minimum absolute atomic E-state index is 0.572. The molecule has 0 atom stereocenters. The highest BCUT2D eigenvalue weighted by Crippen LogP contribution is 2.13. The molecule has 0 aliphatic rings. The van der Waals surface area contributed by atoms with Gasteiger partial charge in [-0.15, -0.1) is 0 Å². The fourth-order valence-corrected chi connectivity index (χ4v) is 0.876. The van der Waals surface area contributed by atoms with Crippen LogP contribution in [0.4, 0.5) is 0 Å². The van der Waals surface area contributed by atoms with Gasteiger partial charge in [0, 0.05) is 5.56 Å². The van der Waals surface area contributed by atoms with Crippen LogP contribution in [0.2, 0.25) is 0 Å². The quantitative estimate of drug-likeness (QED) is 0.568. The summed E-state index contributed by atoms with van der Waals surface area (Å²) in [5, 5.41) is 17.5. The maximum absolute atomic E-state index is 8.76. The predicted molar refractivity (Wildman–Crippen MR) is 38.4 cm³/mol. The summed E-state index contributed by atoms with van der Waals surface area (Å²) in [6, 6.07) is 7.18. The first-order valence-corrected chi connectivity index (χ1v) is 3.13. The van der Waals surface area contributed by atoms with Crippen molar-refractivity contribution in [2.45, 2.75) is 13.2 Å². The Bertz CT molecular complexity index is 218. The Morgan fingerprint density at radius 2 is 1.80 bits per heavy atom. The predicted octanol–water partition coefficient (Wildman–Crippen LogP) is 0.978. The fraction of sp³-hybridized carbons (Fsp3) is 0.250. The van der Waals surface area contributed by atoms with Crippen molar-refractivity contribution in [2.24, 2.45) is 0 Å². The van der Waals surface area contributed by atoms with Gasteiger partial charge in [0.05, 0.1) is 0 Å². The smallest absolute Gasteiger partial charge is 0.178 e. The second kappa shape index (κ2) is 2.82. The van der Waals surface area contributed by atoms with E-state index in [0.29, 0.717) is 5.56 Å². The molecule has 2 N–H and O–H groups in total. The van der Waals surface area contributed by atoms with E-state index in [9.17, 15) is 0 Å². The van der Waals surface area contributed by atoms with Crippen LogP contribution in [0.1, 0.15) is 17.4 Å². The molecule has 0 aromatic heterocycles. The fourth-order valence-electron chi connectivity index (χ4n) is 0.876. The van der Waals surface area contributed by atoms with Crippen molar-refractivity contribution >= 4 is 0 Å². The van der Waals surface area contributed by atoms with Gasteiger partial charge < -0.3 is 10.2 Å². The summed E-state index contributed by atoms with van der Waals surface area (Å²) in [5.74, 6) is 0. The van der Waals surface area contributed by atoms with E-state index in [1.165, 1.54) is 0 Å². The molecule has 0 aliphatic carbocycles. The van der Waals surface area contributed by atoms with Gasteiger partial charge in [0.15, 0.2) is 6.29 Å². The van der Waals surface area contributed by atoms with E-state index in [0.717, 1.165) is 5.56 Å². The number of rotatable bonds is 1. The number of benzene rings is 1. The van der Waals surface area contributed by atoms with Crippen molar-refractivity contribution in [1.29, 1.82) is 0 Å². The van der Waals surface area contributed by atoms with Crippen molar-refractivity contribution in [3.63, 3.8) is 0 Å². The van der Waals surface area contributed by atoms with E-state index in [2.05, 4.69) is 0 Å². The third-order valence-corrected chi connectivity index (χ3v) is 1.47. The van der Waals surface area contributed by atoms with Gasteiger partial charge in [0.25, 0.3) is 0 Å². The van der Waals surface area contributed by atoms with Crippen LogP contribution in [-0.2, 0) is 0 Å². The van der Waals surface area contributed by atoms with Crippen LogP contribution in [0, 0.1) is 6.92 Å². The Labute approximate surface area is 59.7 Å². The molecule has 0 spiro atoms. The lowest BCUT2D eigenvalue weighted by Gasteiger charge is -2.05. The minimum atomic E-state index is -1.35. The van der Waals surface area contributed by atoms with Crippen molar-refractivity contribution in [1.82, 2.24) is 0 Å². The van der Waals surface area contributed by atoms with Crippen LogP contribution in [0.25, 0.3) is 0 Å². The van der Waals surface area contributed by atoms with Gasteiger partial charge in [-0.05, 0) is 12.5 Å². The molecule has 0 heterocycles. The average Bonchev–Trinajstić information content (AvgIpc) is 1.88. The molecule has 0 unspecified atom stereocenters. The molecular weight excluding hydrogens is 128 g/mol. The SMILES string of the molecule is Cc1ccccc1C(O)O. The van der Waals surface area contributed by atoms with Crippen LogP contribution < -0.4 is 0 Å². The zero-order valence-electron chi connectivity index (χ0n) is 5.78. The molecule has 0 bridgehead atoms. The van der Waals surface area contributed by atoms with Crippen molar-refractivity contribution in [2.75, 3.05) is 0 Å². The topological polar surface area (TPSA) is 40.5 Å². The van der Waals surface area contributed by atoms with Crippen LogP contribution in [-0.4, -0.2) is 10.2 Å². The van der Waals surface area contributed by atoms with E-state index in [1.54, 1.807) is 12.1 Å². The molecule has 10 heavy (non-hydrogen) atoms. The van der Waals surface area contributed by atoms with Gasteiger partial charge in [-0.2, -0.15) is 0 Å². The second-order valence-electron chi connectivity index (χ2n) is 2.23. The van der Waals surface area contributed by atoms with Crippen molar-refractivity contribution < 1.29 is 10.2 Å². The lowest BCUT2D eigenvalue weighted by Crippen LogP contribution is -1.96. The van der Waals surface area contributed by atoms with Crippen LogP contribution >= 0.6 is 0 Å². The zero-order chi connectivity index (χ0) is 7.56. The van der Waals surface area contributed by atoms with Gasteiger partial charge in [-0.1, -0.05) is 24.3 Å². The third-order valence-electron chi connectivity index (χ3n) is 1.47. The normalized spacial score (nSPS) is 10.4. The molecule has 0 radical (unpaired) electrons. The number of aliphatic hydroxyl groups is 2. The molecule has 2 heteroatoms. The Morgan fingerprint density at radius 1 is 1.20 bits per heavy atom. The lowest BCUT2D eigenvalue weighted by molar-refractivity contribution is -0.0429. The third kappa shape index (κ3) is 1.35. The summed E-state index contributed by atoms with van der Waals surface area (Å²) < 4.78 is 0. The van der Waals surface area contributed by atoms with Crippen LogP contribution in [0.5, 0.6) is 0 Å². The molecule has 1 rings (SSSR count). The molecule has 0 saturated heterocycles. The lowest BCUT2D eigenvalue weighted by atomic mass is 10.1. The number of hydrogen-bond acceptors (Lipinski definition) is 2. The molecule has 54 valence electrons. The van der Waals surface area contributed by atoms with Gasteiger partial charge in [-0.3, -0.25) is 0 Å². The number of aryl methyl sites for hydroxylation is 1. The summed E-state index contributed by atoms with van der Waals surface area (Å²) in [7, 11) is 0. The average molecular weight is 138 g/mol. The van der Waals surface area contributed by atoms with Crippen LogP contribution in [0.3, 0.4) is 0 Å². The van der Waals surface area contributed by atoms with Crippen LogP contribution in [0.15, 0.2) is 24.3 Å². The van der Waals surface area contributed by atoms with Crippen molar-refractivity contribution in [3.8, 4) is 0 Å². The van der Waals surface area contributed by atoms with Gasteiger partial charge in [0.2, 0.25) is 0 Å². The molecule has 0 fully saturated rings.